The molecule has 2 heteroatoms. The third kappa shape index (κ3) is 1.85. The highest BCUT2D eigenvalue weighted by Crippen LogP contribution is 2.40. The molecule has 80 valence electrons. The second-order valence-electron chi connectivity index (χ2n) is 4.93. The van der Waals surface area contributed by atoms with Crippen LogP contribution in [0.4, 0.5) is 0 Å². The van der Waals surface area contributed by atoms with Gasteiger partial charge in [0, 0.05) is 12.3 Å². The van der Waals surface area contributed by atoms with Crippen molar-refractivity contribution >= 4 is 5.78 Å². The Kier molecular flexibility index (Phi) is 2.91. The second-order valence-corrected chi connectivity index (χ2v) is 4.93. The van der Waals surface area contributed by atoms with Crippen LogP contribution in [0, 0.1) is 5.92 Å². The van der Waals surface area contributed by atoms with Crippen molar-refractivity contribution in [3.05, 3.63) is 0 Å². The van der Waals surface area contributed by atoms with Crippen molar-refractivity contribution < 1.29 is 9.90 Å². The van der Waals surface area contributed by atoms with Gasteiger partial charge in [-0.25, -0.2) is 0 Å². The zero-order valence-corrected chi connectivity index (χ0v) is 8.80. The van der Waals surface area contributed by atoms with E-state index in [0.717, 1.165) is 51.4 Å². The van der Waals surface area contributed by atoms with E-state index in [0.29, 0.717) is 12.2 Å². The Morgan fingerprint density at radius 2 is 1.79 bits per heavy atom. The van der Waals surface area contributed by atoms with Gasteiger partial charge in [0.05, 0.1) is 5.60 Å². The van der Waals surface area contributed by atoms with Crippen LogP contribution in [0.1, 0.15) is 57.8 Å². The van der Waals surface area contributed by atoms with Gasteiger partial charge in [-0.3, -0.25) is 4.79 Å². The van der Waals surface area contributed by atoms with E-state index < -0.39 is 5.60 Å². The lowest BCUT2D eigenvalue weighted by Gasteiger charge is -2.40. The molecule has 0 amide bonds. The Balaban J connectivity index is 2.15. The van der Waals surface area contributed by atoms with Crippen LogP contribution in [-0.2, 0) is 4.79 Å². The molecule has 0 aliphatic heterocycles. The zero-order valence-electron chi connectivity index (χ0n) is 8.80. The Hall–Kier alpha value is -0.370. The summed E-state index contributed by atoms with van der Waals surface area (Å²) in [6, 6.07) is 0. The lowest BCUT2D eigenvalue weighted by atomic mass is 9.69. The number of hydrogen-bond donors (Lipinski definition) is 1. The number of rotatable bonds is 0. The average Bonchev–Trinajstić information content (AvgIpc) is 2.15. The number of carbonyl (C=O) groups is 1. The first-order valence-electron chi connectivity index (χ1n) is 5.97. The highest BCUT2D eigenvalue weighted by molar-refractivity contribution is 5.82. The lowest BCUT2D eigenvalue weighted by molar-refractivity contribution is -0.138. The van der Waals surface area contributed by atoms with Crippen LogP contribution in [-0.4, -0.2) is 16.5 Å². The van der Waals surface area contributed by atoms with Crippen LogP contribution in [0.2, 0.25) is 0 Å². The molecule has 2 aliphatic carbocycles. The van der Waals surface area contributed by atoms with Gasteiger partial charge in [-0.1, -0.05) is 25.7 Å². The van der Waals surface area contributed by atoms with Crippen molar-refractivity contribution in [3.8, 4) is 0 Å². The average molecular weight is 196 g/mol. The molecule has 1 N–H and O–H groups in total. The van der Waals surface area contributed by atoms with Crippen LogP contribution >= 0.6 is 0 Å². The molecule has 0 bridgehead atoms. The first kappa shape index (κ1) is 10.2. The number of aliphatic hydroxyl groups is 1. The minimum Gasteiger partial charge on any atom is -0.389 e. The number of carbonyl (C=O) groups excluding carboxylic acids is 1. The maximum atomic E-state index is 11.8. The number of Topliss-reactive ketones (excluding diaryl/α,β-unsaturated/α-hetero) is 1. The Bertz CT molecular complexity index is 224. The summed E-state index contributed by atoms with van der Waals surface area (Å²) in [5.74, 6) is 0.295. The zero-order chi connectivity index (χ0) is 10.0. The van der Waals surface area contributed by atoms with Gasteiger partial charge in [-0.05, 0) is 25.7 Å². The molecule has 2 nitrogen and oxygen atoms in total. The molecule has 0 aromatic heterocycles. The van der Waals surface area contributed by atoms with Gasteiger partial charge in [-0.15, -0.1) is 0 Å². The van der Waals surface area contributed by atoms with Crippen LogP contribution in [0.25, 0.3) is 0 Å². The van der Waals surface area contributed by atoms with Gasteiger partial charge in [-0.2, -0.15) is 0 Å². The standard InChI is InChI=1S/C12H20O2/c13-11-7-2-1-4-8-12(14)9-5-3-6-10(11)12/h10,14H,1-9H2/t10-,12-/m0/s1. The molecule has 2 aliphatic rings. The summed E-state index contributed by atoms with van der Waals surface area (Å²) in [4.78, 5) is 11.8. The Morgan fingerprint density at radius 3 is 2.57 bits per heavy atom. The molecule has 14 heavy (non-hydrogen) atoms. The molecule has 2 atom stereocenters. The topological polar surface area (TPSA) is 37.3 Å². The highest BCUT2D eigenvalue weighted by Gasteiger charge is 2.42. The molecule has 0 aromatic carbocycles. The van der Waals surface area contributed by atoms with Crippen molar-refractivity contribution in [2.24, 2.45) is 5.92 Å². The summed E-state index contributed by atoms with van der Waals surface area (Å²) in [5.41, 5.74) is -0.629. The SMILES string of the molecule is O=C1CCCCC[C@]2(O)CCCC[C@@H]12. The molecular weight excluding hydrogens is 176 g/mol. The summed E-state index contributed by atoms with van der Waals surface area (Å²) in [7, 11) is 0. The van der Waals surface area contributed by atoms with Gasteiger partial charge in [0.1, 0.15) is 5.78 Å². The third-order valence-electron chi connectivity index (χ3n) is 3.92. The first-order valence-corrected chi connectivity index (χ1v) is 5.97. The van der Waals surface area contributed by atoms with E-state index in [1.54, 1.807) is 0 Å². The minimum atomic E-state index is -0.629. The largest absolute Gasteiger partial charge is 0.389 e. The molecule has 2 rings (SSSR count). The predicted octanol–water partition coefficient (Wildman–Crippen LogP) is 2.44. The molecular formula is C12H20O2. The first-order chi connectivity index (χ1) is 6.72. The normalized spacial score (nSPS) is 39.8. The molecule has 0 spiro atoms. The van der Waals surface area contributed by atoms with Crippen LogP contribution < -0.4 is 0 Å². The van der Waals surface area contributed by atoms with Gasteiger partial charge < -0.3 is 5.11 Å². The van der Waals surface area contributed by atoms with E-state index in [9.17, 15) is 9.90 Å². The Morgan fingerprint density at radius 1 is 1.07 bits per heavy atom. The fraction of sp³-hybridized carbons (Fsp3) is 0.917. The van der Waals surface area contributed by atoms with E-state index in [-0.39, 0.29) is 5.92 Å². The maximum Gasteiger partial charge on any atom is 0.138 e. The van der Waals surface area contributed by atoms with Crippen molar-refractivity contribution in [1.82, 2.24) is 0 Å². The van der Waals surface area contributed by atoms with Gasteiger partial charge in [0.2, 0.25) is 0 Å². The quantitative estimate of drug-likeness (QED) is 0.646. The summed E-state index contributed by atoms with van der Waals surface area (Å²) in [6.45, 7) is 0. The van der Waals surface area contributed by atoms with E-state index in [1.165, 1.54) is 0 Å². The highest BCUT2D eigenvalue weighted by atomic mass is 16.3. The van der Waals surface area contributed by atoms with Crippen LogP contribution in [0.3, 0.4) is 0 Å². The Labute approximate surface area is 85.7 Å². The monoisotopic (exact) mass is 196 g/mol. The van der Waals surface area contributed by atoms with E-state index in [2.05, 4.69) is 0 Å². The molecule has 0 radical (unpaired) electrons. The summed E-state index contributed by atoms with van der Waals surface area (Å²) in [5, 5.41) is 10.4. The summed E-state index contributed by atoms with van der Waals surface area (Å²) < 4.78 is 0. The van der Waals surface area contributed by atoms with Crippen LogP contribution in [0.15, 0.2) is 0 Å². The molecule has 0 unspecified atom stereocenters. The van der Waals surface area contributed by atoms with Crippen molar-refractivity contribution in [3.63, 3.8) is 0 Å². The fourth-order valence-corrected chi connectivity index (χ4v) is 3.06. The van der Waals surface area contributed by atoms with E-state index in [1.807, 2.05) is 0 Å². The number of hydrogen-bond acceptors (Lipinski definition) is 2. The van der Waals surface area contributed by atoms with E-state index in [4.69, 9.17) is 0 Å². The van der Waals surface area contributed by atoms with Gasteiger partial charge in [0.15, 0.2) is 0 Å². The van der Waals surface area contributed by atoms with Crippen molar-refractivity contribution in [2.75, 3.05) is 0 Å². The van der Waals surface area contributed by atoms with Gasteiger partial charge in [0.25, 0.3) is 0 Å². The fourth-order valence-electron chi connectivity index (χ4n) is 3.06. The maximum absolute atomic E-state index is 11.8. The molecule has 2 saturated carbocycles. The van der Waals surface area contributed by atoms with Crippen molar-refractivity contribution in [2.45, 2.75) is 63.4 Å². The molecule has 0 heterocycles. The smallest absolute Gasteiger partial charge is 0.138 e. The van der Waals surface area contributed by atoms with E-state index >= 15 is 0 Å². The third-order valence-corrected chi connectivity index (χ3v) is 3.92. The molecule has 2 fully saturated rings. The number of fused-ring (bicyclic) bond motifs is 1. The summed E-state index contributed by atoms with van der Waals surface area (Å²) in [6.07, 6.45) is 8.79. The summed E-state index contributed by atoms with van der Waals surface area (Å²) >= 11 is 0. The minimum absolute atomic E-state index is 0.0310. The molecule has 0 aromatic rings. The van der Waals surface area contributed by atoms with Gasteiger partial charge >= 0.3 is 0 Å². The lowest BCUT2D eigenvalue weighted by Crippen LogP contribution is -2.45. The molecule has 0 saturated heterocycles. The number of ketones is 1. The van der Waals surface area contributed by atoms with Crippen LogP contribution in [0.5, 0.6) is 0 Å². The second kappa shape index (κ2) is 4.01. The predicted molar refractivity (Wildman–Crippen MR) is 55.0 cm³/mol. The van der Waals surface area contributed by atoms with Crippen molar-refractivity contribution in [1.29, 1.82) is 0 Å².